The van der Waals surface area contributed by atoms with Gasteiger partial charge in [-0.15, -0.1) is 0 Å². The van der Waals surface area contributed by atoms with Crippen molar-refractivity contribution in [2.75, 3.05) is 0 Å². The van der Waals surface area contributed by atoms with E-state index in [9.17, 15) is 9.59 Å². The molecule has 0 amide bonds. The van der Waals surface area contributed by atoms with Crippen LogP contribution in [0.2, 0.25) is 0 Å². The van der Waals surface area contributed by atoms with Crippen LogP contribution in [-0.2, 0) is 11.3 Å². The maximum absolute atomic E-state index is 12.7. The van der Waals surface area contributed by atoms with Crippen LogP contribution in [0.25, 0.3) is 16.9 Å². The number of ether oxygens (including phenoxy) is 1. The summed E-state index contributed by atoms with van der Waals surface area (Å²) < 4.78 is 12.1. The van der Waals surface area contributed by atoms with Gasteiger partial charge in [-0.1, -0.05) is 41.6 Å². The van der Waals surface area contributed by atoms with E-state index in [1.165, 1.54) is 10.5 Å². The Morgan fingerprint density at radius 3 is 2.68 bits per heavy atom. The molecule has 0 saturated carbocycles. The first-order chi connectivity index (χ1) is 13.5. The standard InChI is InChI=1S/C21H17N3O4/c1-13-7-6-10-17-22-16(11-18(25)24(13)17)12-27-21(26)19-14(2)28-23-20(19)15-8-4-3-5-9-15/h3-11H,12H2,1-2H3. The molecule has 3 heterocycles. The minimum absolute atomic E-state index is 0.128. The predicted octanol–water partition coefficient (Wildman–Crippen LogP) is 3.32. The second-order valence-corrected chi connectivity index (χ2v) is 6.35. The number of esters is 1. The summed E-state index contributed by atoms with van der Waals surface area (Å²) in [5.74, 6) is -0.213. The Labute approximate surface area is 160 Å². The van der Waals surface area contributed by atoms with Crippen LogP contribution in [0.15, 0.2) is 63.9 Å². The minimum Gasteiger partial charge on any atom is -0.455 e. The molecular weight excluding hydrogens is 358 g/mol. The van der Waals surface area contributed by atoms with Gasteiger partial charge in [0.05, 0.1) is 5.69 Å². The van der Waals surface area contributed by atoms with E-state index in [-0.39, 0.29) is 17.7 Å². The summed E-state index contributed by atoms with van der Waals surface area (Å²) in [5, 5.41) is 3.98. The van der Waals surface area contributed by atoms with E-state index < -0.39 is 5.97 Å². The Morgan fingerprint density at radius 1 is 1.11 bits per heavy atom. The molecular formula is C21H17N3O4. The van der Waals surface area contributed by atoms with Crippen molar-refractivity contribution in [3.8, 4) is 11.3 Å². The molecule has 7 heteroatoms. The lowest BCUT2D eigenvalue weighted by atomic mass is 10.1. The molecule has 0 atom stereocenters. The zero-order valence-electron chi connectivity index (χ0n) is 15.4. The third-order valence-corrected chi connectivity index (χ3v) is 4.40. The normalized spacial score (nSPS) is 10.9. The van der Waals surface area contributed by atoms with E-state index in [1.807, 2.05) is 49.4 Å². The number of aromatic nitrogens is 3. The van der Waals surface area contributed by atoms with Gasteiger partial charge in [-0.05, 0) is 26.0 Å². The number of carbonyl (C=O) groups is 1. The molecule has 1 aromatic carbocycles. The van der Waals surface area contributed by atoms with E-state index in [2.05, 4.69) is 10.1 Å². The zero-order valence-corrected chi connectivity index (χ0v) is 15.4. The lowest BCUT2D eigenvalue weighted by molar-refractivity contribution is 0.0466. The molecule has 0 aliphatic heterocycles. The number of pyridine rings is 1. The lowest BCUT2D eigenvalue weighted by Crippen LogP contribution is -2.18. The first kappa shape index (κ1) is 17.7. The van der Waals surface area contributed by atoms with Crippen molar-refractivity contribution in [3.05, 3.63) is 87.7 Å². The highest BCUT2D eigenvalue weighted by atomic mass is 16.5. The highest BCUT2D eigenvalue weighted by molar-refractivity contribution is 5.97. The molecule has 0 fully saturated rings. The number of hydrogen-bond acceptors (Lipinski definition) is 6. The zero-order chi connectivity index (χ0) is 19.7. The van der Waals surface area contributed by atoms with Crippen molar-refractivity contribution in [2.24, 2.45) is 0 Å². The van der Waals surface area contributed by atoms with Crippen molar-refractivity contribution in [1.29, 1.82) is 0 Å². The SMILES string of the molecule is Cc1onc(-c2ccccc2)c1C(=O)OCc1cc(=O)n2c(C)cccc2n1. The summed E-state index contributed by atoms with van der Waals surface area (Å²) in [6.45, 7) is 3.35. The summed E-state index contributed by atoms with van der Waals surface area (Å²) in [5.41, 5.74) is 2.88. The quantitative estimate of drug-likeness (QED) is 0.509. The van der Waals surface area contributed by atoms with Crippen LogP contribution in [0.3, 0.4) is 0 Å². The third-order valence-electron chi connectivity index (χ3n) is 4.40. The van der Waals surface area contributed by atoms with Crippen molar-refractivity contribution >= 4 is 11.6 Å². The molecule has 0 spiro atoms. The van der Waals surface area contributed by atoms with Crippen molar-refractivity contribution in [1.82, 2.24) is 14.5 Å². The predicted molar refractivity (Wildman–Crippen MR) is 102 cm³/mol. The molecule has 140 valence electrons. The highest BCUT2D eigenvalue weighted by Gasteiger charge is 2.23. The van der Waals surface area contributed by atoms with Crippen molar-refractivity contribution in [2.45, 2.75) is 20.5 Å². The van der Waals surface area contributed by atoms with E-state index in [0.29, 0.717) is 22.8 Å². The summed E-state index contributed by atoms with van der Waals surface area (Å²) >= 11 is 0. The molecule has 0 aliphatic rings. The van der Waals surface area contributed by atoms with Gasteiger partial charge in [0.15, 0.2) is 0 Å². The van der Waals surface area contributed by atoms with Crippen LogP contribution in [0.4, 0.5) is 0 Å². The van der Waals surface area contributed by atoms with Crippen molar-refractivity contribution in [3.63, 3.8) is 0 Å². The van der Waals surface area contributed by atoms with E-state index in [4.69, 9.17) is 9.26 Å². The number of fused-ring (bicyclic) bond motifs is 1. The molecule has 0 radical (unpaired) electrons. The van der Waals surface area contributed by atoms with Gasteiger partial charge < -0.3 is 9.26 Å². The molecule has 0 bridgehead atoms. The number of carbonyl (C=O) groups excluding carboxylic acids is 1. The Kier molecular flexibility index (Phi) is 4.49. The molecule has 0 saturated heterocycles. The fraction of sp³-hybridized carbons (Fsp3) is 0.143. The topological polar surface area (TPSA) is 86.7 Å². The fourth-order valence-electron chi connectivity index (χ4n) is 3.05. The van der Waals surface area contributed by atoms with Gasteiger partial charge in [-0.25, -0.2) is 9.78 Å². The second-order valence-electron chi connectivity index (χ2n) is 6.35. The molecule has 28 heavy (non-hydrogen) atoms. The van der Waals surface area contributed by atoms with Crippen LogP contribution in [0.5, 0.6) is 0 Å². The lowest BCUT2D eigenvalue weighted by Gasteiger charge is -2.08. The average molecular weight is 375 g/mol. The average Bonchev–Trinajstić information content (AvgIpc) is 3.08. The van der Waals surface area contributed by atoms with Gasteiger partial charge in [-0.2, -0.15) is 0 Å². The molecule has 7 nitrogen and oxygen atoms in total. The van der Waals surface area contributed by atoms with Crippen LogP contribution < -0.4 is 5.56 Å². The number of aryl methyl sites for hydroxylation is 2. The molecule has 4 rings (SSSR count). The summed E-state index contributed by atoms with van der Waals surface area (Å²) in [6, 6.07) is 16.0. The first-order valence-corrected chi connectivity index (χ1v) is 8.71. The van der Waals surface area contributed by atoms with Gasteiger partial charge >= 0.3 is 5.97 Å². The number of benzene rings is 1. The summed E-state index contributed by atoms with van der Waals surface area (Å²) in [4.78, 5) is 29.4. The molecule has 0 aliphatic carbocycles. The number of nitrogens with zero attached hydrogens (tertiary/aromatic N) is 3. The number of rotatable bonds is 4. The van der Waals surface area contributed by atoms with Gasteiger partial charge in [-0.3, -0.25) is 9.20 Å². The van der Waals surface area contributed by atoms with Crippen molar-refractivity contribution < 1.29 is 14.1 Å². The fourth-order valence-corrected chi connectivity index (χ4v) is 3.05. The van der Waals surface area contributed by atoms with Gasteiger partial charge in [0.1, 0.15) is 29.3 Å². The smallest absolute Gasteiger partial charge is 0.344 e. The van der Waals surface area contributed by atoms with Gasteiger partial charge in [0, 0.05) is 17.3 Å². The molecule has 3 aromatic heterocycles. The summed E-state index contributed by atoms with van der Waals surface area (Å²) in [6.07, 6.45) is 0. The first-order valence-electron chi connectivity index (χ1n) is 8.71. The van der Waals surface area contributed by atoms with Gasteiger partial charge in [0.2, 0.25) is 0 Å². The van der Waals surface area contributed by atoms with Crippen LogP contribution in [-0.4, -0.2) is 20.5 Å². The van der Waals surface area contributed by atoms with E-state index >= 15 is 0 Å². The van der Waals surface area contributed by atoms with Gasteiger partial charge in [0.25, 0.3) is 5.56 Å². The van der Waals surface area contributed by atoms with Crippen LogP contribution >= 0.6 is 0 Å². The Balaban J connectivity index is 1.60. The Bertz CT molecular complexity index is 1230. The summed E-state index contributed by atoms with van der Waals surface area (Å²) in [7, 11) is 0. The third kappa shape index (κ3) is 3.18. The van der Waals surface area contributed by atoms with Crippen LogP contribution in [0, 0.1) is 13.8 Å². The molecule has 4 aromatic rings. The maximum atomic E-state index is 12.7. The van der Waals surface area contributed by atoms with E-state index in [1.54, 1.807) is 13.0 Å². The number of hydrogen-bond donors (Lipinski definition) is 0. The monoisotopic (exact) mass is 375 g/mol. The largest absolute Gasteiger partial charge is 0.455 e. The second kappa shape index (κ2) is 7.11. The Morgan fingerprint density at radius 2 is 1.89 bits per heavy atom. The van der Waals surface area contributed by atoms with Crippen LogP contribution in [0.1, 0.15) is 27.5 Å². The molecule has 0 N–H and O–H groups in total. The maximum Gasteiger partial charge on any atom is 0.344 e. The van der Waals surface area contributed by atoms with E-state index in [0.717, 1.165) is 11.3 Å². The Hall–Kier alpha value is -3.74. The molecule has 0 unspecified atom stereocenters. The minimum atomic E-state index is -0.580. The highest BCUT2D eigenvalue weighted by Crippen LogP contribution is 2.25.